The number of aromatic hydroxyl groups is 1. The molecule has 1 unspecified atom stereocenters. The predicted molar refractivity (Wildman–Crippen MR) is 70.4 cm³/mol. The summed E-state index contributed by atoms with van der Waals surface area (Å²) in [5, 5.41) is 28.0. The minimum atomic E-state index is -0.896. The van der Waals surface area contributed by atoms with Crippen molar-refractivity contribution in [2.75, 3.05) is 6.61 Å². The first kappa shape index (κ1) is 16.3. The van der Waals surface area contributed by atoms with E-state index in [1.165, 1.54) is 0 Å². The molecule has 1 aromatic rings. The number of aliphatic hydroxyl groups excluding tert-OH is 2. The van der Waals surface area contributed by atoms with E-state index in [1.807, 2.05) is 6.92 Å². The Hall–Kier alpha value is -1.70. The molecule has 0 radical (unpaired) electrons. The second kappa shape index (κ2) is 7.59. The summed E-state index contributed by atoms with van der Waals surface area (Å²) in [6.45, 7) is 3.13. The van der Waals surface area contributed by atoms with Gasteiger partial charge < -0.3 is 20.1 Å². The van der Waals surface area contributed by atoms with Crippen LogP contribution in [0.4, 0.5) is 0 Å². The van der Waals surface area contributed by atoms with Gasteiger partial charge in [0.25, 0.3) is 0 Å². The zero-order valence-electron chi connectivity index (χ0n) is 9.90. The van der Waals surface area contributed by atoms with Gasteiger partial charge in [-0.15, -0.1) is 0 Å². The van der Waals surface area contributed by atoms with Crippen LogP contribution in [0.1, 0.15) is 25.5 Å². The standard InChI is InChI=1S/C13H16O4.CH4/c1-3-4-17-12-6-9(2)5-10(13(12)16)7-11(15)8-14;/h5-6,11,14-16H,7-8H2,1-2H3;1H4. The summed E-state index contributed by atoms with van der Waals surface area (Å²) in [5.74, 6) is 2.77. The number of aryl methyl sites for hydroxylation is 1. The molecule has 0 saturated carbocycles. The average molecular weight is 252 g/mol. The minimum absolute atomic E-state index is 0. The van der Waals surface area contributed by atoms with Gasteiger partial charge in [0.1, 0.15) is 6.11 Å². The van der Waals surface area contributed by atoms with E-state index in [4.69, 9.17) is 9.84 Å². The van der Waals surface area contributed by atoms with Crippen LogP contribution in [0.3, 0.4) is 0 Å². The summed E-state index contributed by atoms with van der Waals surface area (Å²) in [6.07, 6.45) is 1.68. The van der Waals surface area contributed by atoms with Crippen LogP contribution >= 0.6 is 0 Å². The van der Waals surface area contributed by atoms with Crippen molar-refractivity contribution in [1.82, 2.24) is 0 Å². The molecule has 100 valence electrons. The topological polar surface area (TPSA) is 69.9 Å². The molecule has 3 N–H and O–H groups in total. The Labute approximate surface area is 108 Å². The molecule has 0 aliphatic heterocycles. The lowest BCUT2D eigenvalue weighted by atomic mass is 10.0. The molecule has 0 aliphatic rings. The minimum Gasteiger partial charge on any atom is -0.504 e. The number of benzene rings is 1. The number of phenols is 1. The van der Waals surface area contributed by atoms with Crippen molar-refractivity contribution >= 4 is 0 Å². The van der Waals surface area contributed by atoms with Crippen molar-refractivity contribution < 1.29 is 20.1 Å². The SMILES string of the molecule is C.CC#COc1cc(C)cc(CC(O)CO)c1O. The van der Waals surface area contributed by atoms with Crippen LogP contribution in [0.5, 0.6) is 11.5 Å². The van der Waals surface area contributed by atoms with Crippen molar-refractivity contribution in [1.29, 1.82) is 0 Å². The second-order valence-corrected chi connectivity index (χ2v) is 3.77. The number of ether oxygens (including phenoxy) is 1. The zero-order chi connectivity index (χ0) is 12.8. The van der Waals surface area contributed by atoms with E-state index < -0.39 is 6.10 Å². The number of hydrogen-bond donors (Lipinski definition) is 3. The van der Waals surface area contributed by atoms with Crippen molar-refractivity contribution in [3.05, 3.63) is 23.3 Å². The monoisotopic (exact) mass is 252 g/mol. The maximum Gasteiger partial charge on any atom is 0.182 e. The molecule has 0 spiro atoms. The van der Waals surface area contributed by atoms with Crippen molar-refractivity contribution in [2.24, 2.45) is 0 Å². The third-order valence-electron chi connectivity index (χ3n) is 2.23. The first-order valence-corrected chi connectivity index (χ1v) is 5.28. The lowest BCUT2D eigenvalue weighted by molar-refractivity contribution is 0.0949. The normalized spacial score (nSPS) is 10.9. The average Bonchev–Trinajstić information content (AvgIpc) is 2.31. The molecule has 0 fully saturated rings. The molecule has 0 amide bonds. The summed E-state index contributed by atoms with van der Waals surface area (Å²) in [7, 11) is 0. The molecule has 0 aliphatic carbocycles. The van der Waals surface area contributed by atoms with Crippen LogP contribution < -0.4 is 4.74 Å². The fourth-order valence-electron chi connectivity index (χ4n) is 1.48. The highest BCUT2D eigenvalue weighted by molar-refractivity contribution is 5.49. The highest BCUT2D eigenvalue weighted by atomic mass is 16.5. The van der Waals surface area contributed by atoms with Gasteiger partial charge in [-0.25, -0.2) is 0 Å². The molecule has 4 nitrogen and oxygen atoms in total. The van der Waals surface area contributed by atoms with Crippen molar-refractivity contribution in [3.8, 4) is 23.5 Å². The lowest BCUT2D eigenvalue weighted by Crippen LogP contribution is -2.15. The molecule has 1 rings (SSSR count). The highest BCUT2D eigenvalue weighted by Gasteiger charge is 2.13. The Bertz CT molecular complexity index is 443. The van der Waals surface area contributed by atoms with E-state index in [1.54, 1.807) is 19.1 Å². The third kappa shape index (κ3) is 4.28. The van der Waals surface area contributed by atoms with Crippen LogP contribution in [-0.4, -0.2) is 28.0 Å². The Balaban J connectivity index is 0.00000289. The fourth-order valence-corrected chi connectivity index (χ4v) is 1.48. The molecule has 18 heavy (non-hydrogen) atoms. The quantitative estimate of drug-likeness (QED) is 0.712. The number of rotatable bonds is 4. The van der Waals surface area contributed by atoms with Gasteiger partial charge in [0, 0.05) is 18.9 Å². The van der Waals surface area contributed by atoms with E-state index in [-0.39, 0.29) is 32.0 Å². The van der Waals surface area contributed by atoms with E-state index >= 15 is 0 Å². The van der Waals surface area contributed by atoms with E-state index in [9.17, 15) is 10.2 Å². The molecular formula is C14H20O4. The second-order valence-electron chi connectivity index (χ2n) is 3.77. The molecule has 4 heteroatoms. The van der Waals surface area contributed by atoms with Gasteiger partial charge in [0.2, 0.25) is 0 Å². The molecule has 1 atom stereocenters. The molecule has 0 bridgehead atoms. The van der Waals surface area contributed by atoms with Crippen LogP contribution in [0.25, 0.3) is 0 Å². The van der Waals surface area contributed by atoms with Gasteiger partial charge in [-0.1, -0.05) is 19.4 Å². The maximum absolute atomic E-state index is 9.90. The van der Waals surface area contributed by atoms with Gasteiger partial charge in [-0.3, -0.25) is 0 Å². The van der Waals surface area contributed by atoms with Gasteiger partial charge >= 0.3 is 0 Å². The summed E-state index contributed by atoms with van der Waals surface area (Å²) in [5.41, 5.74) is 1.41. The van der Waals surface area contributed by atoms with Crippen LogP contribution in [-0.2, 0) is 6.42 Å². The van der Waals surface area contributed by atoms with Gasteiger partial charge in [0.05, 0.1) is 12.7 Å². The molecule has 1 aromatic carbocycles. The van der Waals surface area contributed by atoms with E-state index in [0.29, 0.717) is 5.56 Å². The van der Waals surface area contributed by atoms with Gasteiger partial charge in [-0.2, -0.15) is 0 Å². The van der Waals surface area contributed by atoms with Crippen molar-refractivity contribution in [2.45, 2.75) is 33.8 Å². The van der Waals surface area contributed by atoms with E-state index in [2.05, 4.69) is 12.0 Å². The Morgan fingerprint density at radius 2 is 2.06 bits per heavy atom. The number of aliphatic hydroxyl groups is 2. The largest absolute Gasteiger partial charge is 0.504 e. The fraction of sp³-hybridized carbons (Fsp3) is 0.429. The summed E-state index contributed by atoms with van der Waals surface area (Å²) in [6, 6.07) is 3.40. The molecule has 0 heterocycles. The number of phenolic OH excluding ortho intramolecular Hbond substituents is 1. The van der Waals surface area contributed by atoms with Gasteiger partial charge in [0.15, 0.2) is 11.5 Å². The smallest absolute Gasteiger partial charge is 0.182 e. The molecule has 0 aromatic heterocycles. The van der Waals surface area contributed by atoms with Crippen LogP contribution in [0.15, 0.2) is 12.1 Å². The Kier molecular flexibility index (Phi) is 6.88. The first-order chi connectivity index (χ1) is 8.08. The summed E-state index contributed by atoms with van der Waals surface area (Å²) in [4.78, 5) is 0. The third-order valence-corrected chi connectivity index (χ3v) is 2.23. The first-order valence-electron chi connectivity index (χ1n) is 5.28. The number of hydrogen-bond acceptors (Lipinski definition) is 4. The molecule has 0 saturated heterocycles. The summed E-state index contributed by atoms with van der Waals surface area (Å²) < 4.78 is 5.07. The summed E-state index contributed by atoms with van der Waals surface area (Å²) >= 11 is 0. The maximum atomic E-state index is 9.90. The van der Waals surface area contributed by atoms with Gasteiger partial charge in [-0.05, 0) is 18.6 Å². The Morgan fingerprint density at radius 1 is 1.39 bits per heavy atom. The van der Waals surface area contributed by atoms with Crippen molar-refractivity contribution in [3.63, 3.8) is 0 Å². The van der Waals surface area contributed by atoms with Crippen LogP contribution in [0, 0.1) is 19.0 Å². The predicted octanol–water partition coefficient (Wildman–Crippen LogP) is 1.59. The zero-order valence-corrected chi connectivity index (χ0v) is 9.90. The lowest BCUT2D eigenvalue weighted by Gasteiger charge is -2.12. The molecular weight excluding hydrogens is 232 g/mol. The van der Waals surface area contributed by atoms with Crippen LogP contribution in [0.2, 0.25) is 0 Å². The van der Waals surface area contributed by atoms with E-state index in [0.717, 1.165) is 5.56 Å². The Morgan fingerprint density at radius 3 is 2.61 bits per heavy atom. The highest BCUT2D eigenvalue weighted by Crippen LogP contribution is 2.32.